The van der Waals surface area contributed by atoms with Gasteiger partial charge in [-0.1, -0.05) is 24.3 Å². The first-order chi connectivity index (χ1) is 8.84. The number of rotatable bonds is 3. The van der Waals surface area contributed by atoms with Crippen molar-refractivity contribution in [1.29, 1.82) is 0 Å². The van der Waals surface area contributed by atoms with Gasteiger partial charge in [-0.25, -0.2) is 0 Å². The van der Waals surface area contributed by atoms with E-state index in [1.54, 1.807) is 17.4 Å². The molecule has 0 radical (unpaired) electrons. The largest absolute Gasteiger partial charge is 0.507 e. The van der Waals surface area contributed by atoms with Crippen molar-refractivity contribution in [3.63, 3.8) is 0 Å². The van der Waals surface area contributed by atoms with Gasteiger partial charge in [0.15, 0.2) is 0 Å². The Kier molecular flexibility index (Phi) is 3.26. The first kappa shape index (κ1) is 11.6. The number of phenolic OH excluding ortho intramolecular Hbond substituents is 1. The molecule has 0 spiro atoms. The van der Waals surface area contributed by atoms with E-state index >= 15 is 0 Å². The van der Waals surface area contributed by atoms with E-state index in [4.69, 9.17) is 0 Å². The van der Waals surface area contributed by atoms with Gasteiger partial charge in [0, 0.05) is 16.0 Å². The minimum Gasteiger partial charge on any atom is -0.507 e. The number of hydrogen-bond acceptors (Lipinski definition) is 3. The lowest BCUT2D eigenvalue weighted by Crippen LogP contribution is -1.80. The zero-order valence-corrected chi connectivity index (χ0v) is 11.3. The Balaban J connectivity index is 1.94. The molecule has 0 atom stereocenters. The van der Waals surface area contributed by atoms with Gasteiger partial charge in [-0.2, -0.15) is 11.3 Å². The molecule has 0 unspecified atom stereocenters. The number of hydrogen-bond donors (Lipinski definition) is 1. The van der Waals surface area contributed by atoms with Crippen LogP contribution in [-0.4, -0.2) is 5.11 Å². The average molecular weight is 272 g/mol. The molecule has 1 aromatic heterocycles. The zero-order valence-electron chi connectivity index (χ0n) is 9.67. The highest BCUT2D eigenvalue weighted by Crippen LogP contribution is 2.34. The molecule has 1 heterocycles. The summed E-state index contributed by atoms with van der Waals surface area (Å²) >= 11 is 3.54. The topological polar surface area (TPSA) is 20.2 Å². The van der Waals surface area contributed by atoms with E-state index in [0.29, 0.717) is 5.75 Å². The normalized spacial score (nSPS) is 10.9. The molecule has 18 heavy (non-hydrogen) atoms. The number of benzene rings is 2. The van der Waals surface area contributed by atoms with Gasteiger partial charge in [0.1, 0.15) is 5.75 Å². The maximum absolute atomic E-state index is 9.84. The average Bonchev–Trinajstić information content (AvgIpc) is 2.92. The van der Waals surface area contributed by atoms with Crippen LogP contribution in [0.1, 0.15) is 5.56 Å². The molecule has 1 N–H and O–H groups in total. The van der Waals surface area contributed by atoms with Crippen LogP contribution in [0.5, 0.6) is 5.75 Å². The van der Waals surface area contributed by atoms with Crippen LogP contribution in [0.3, 0.4) is 0 Å². The van der Waals surface area contributed by atoms with Gasteiger partial charge in [-0.3, -0.25) is 0 Å². The molecule has 1 nitrogen and oxygen atoms in total. The highest BCUT2D eigenvalue weighted by atomic mass is 32.2. The summed E-state index contributed by atoms with van der Waals surface area (Å²) in [5, 5.41) is 16.2. The summed E-state index contributed by atoms with van der Waals surface area (Å²) in [6, 6.07) is 13.9. The van der Waals surface area contributed by atoms with Crippen LogP contribution >= 0.6 is 23.1 Å². The first-order valence-corrected chi connectivity index (χ1v) is 7.62. The number of phenols is 1. The summed E-state index contributed by atoms with van der Waals surface area (Å²) in [4.78, 5) is 1.22. The Bertz CT molecular complexity index is 659. The van der Waals surface area contributed by atoms with E-state index in [-0.39, 0.29) is 0 Å². The van der Waals surface area contributed by atoms with Gasteiger partial charge < -0.3 is 5.11 Å². The summed E-state index contributed by atoms with van der Waals surface area (Å²) in [6.07, 6.45) is 0. The van der Waals surface area contributed by atoms with Crippen LogP contribution in [0.15, 0.2) is 58.1 Å². The van der Waals surface area contributed by atoms with E-state index in [9.17, 15) is 5.11 Å². The third-order valence-corrected chi connectivity index (χ3v) is 4.71. The van der Waals surface area contributed by atoms with Crippen molar-refractivity contribution in [3.05, 3.63) is 58.8 Å². The molecule has 0 fully saturated rings. The molecule has 0 aliphatic rings. The van der Waals surface area contributed by atoms with Crippen molar-refractivity contribution in [1.82, 2.24) is 0 Å². The highest BCUT2D eigenvalue weighted by Gasteiger charge is 2.05. The quantitative estimate of drug-likeness (QED) is 0.684. The van der Waals surface area contributed by atoms with Gasteiger partial charge in [0.25, 0.3) is 0 Å². The number of thiophene rings is 1. The van der Waals surface area contributed by atoms with Crippen LogP contribution in [-0.2, 0) is 5.75 Å². The summed E-state index contributed by atoms with van der Waals surface area (Å²) in [5.41, 5.74) is 1.35. The van der Waals surface area contributed by atoms with Crippen LogP contribution < -0.4 is 0 Å². The maximum Gasteiger partial charge on any atom is 0.123 e. The summed E-state index contributed by atoms with van der Waals surface area (Å²) < 4.78 is 0. The highest BCUT2D eigenvalue weighted by molar-refractivity contribution is 7.98. The van der Waals surface area contributed by atoms with Crippen molar-refractivity contribution in [3.8, 4) is 5.75 Å². The van der Waals surface area contributed by atoms with Gasteiger partial charge in [-0.15, -0.1) is 11.8 Å². The number of thioether (sulfide) groups is 1. The molecule has 0 aliphatic heterocycles. The van der Waals surface area contributed by atoms with Gasteiger partial charge in [0.2, 0.25) is 0 Å². The third kappa shape index (κ3) is 2.24. The molecule has 2 aromatic carbocycles. The minimum absolute atomic E-state index is 0.352. The Morgan fingerprint density at radius 2 is 1.83 bits per heavy atom. The third-order valence-electron chi connectivity index (χ3n) is 2.84. The van der Waals surface area contributed by atoms with Crippen LogP contribution in [0.2, 0.25) is 0 Å². The second kappa shape index (κ2) is 5.04. The lowest BCUT2D eigenvalue weighted by molar-refractivity contribution is 0.481. The lowest BCUT2D eigenvalue weighted by Gasteiger charge is -2.07. The second-order valence-corrected chi connectivity index (χ2v) is 5.85. The van der Waals surface area contributed by atoms with E-state index in [1.807, 2.05) is 36.0 Å². The zero-order chi connectivity index (χ0) is 12.4. The van der Waals surface area contributed by atoms with Crippen LogP contribution in [0, 0.1) is 0 Å². The smallest absolute Gasteiger partial charge is 0.123 e. The van der Waals surface area contributed by atoms with Crippen molar-refractivity contribution in [2.75, 3.05) is 0 Å². The van der Waals surface area contributed by atoms with E-state index in [1.165, 1.54) is 10.5 Å². The van der Waals surface area contributed by atoms with Gasteiger partial charge in [0.05, 0.1) is 0 Å². The Morgan fingerprint density at radius 1 is 1.00 bits per heavy atom. The Morgan fingerprint density at radius 3 is 2.61 bits per heavy atom. The van der Waals surface area contributed by atoms with E-state index < -0.39 is 0 Å². The fourth-order valence-corrected chi connectivity index (χ4v) is 3.69. The van der Waals surface area contributed by atoms with Crippen molar-refractivity contribution >= 4 is 33.9 Å². The predicted octanol–water partition coefficient (Wildman–Crippen LogP) is 4.90. The summed E-state index contributed by atoms with van der Waals surface area (Å²) in [7, 11) is 0. The number of aromatic hydroxyl groups is 1. The molecule has 90 valence electrons. The van der Waals surface area contributed by atoms with Crippen LogP contribution in [0.25, 0.3) is 10.8 Å². The van der Waals surface area contributed by atoms with Gasteiger partial charge in [-0.05, 0) is 39.9 Å². The molecule has 3 heteroatoms. The molecule has 0 aliphatic carbocycles. The first-order valence-electron chi connectivity index (χ1n) is 5.69. The van der Waals surface area contributed by atoms with E-state index in [2.05, 4.69) is 22.9 Å². The maximum atomic E-state index is 9.84. The standard InChI is InChI=1S/C15H12OS2/c16-14-5-6-15(13-4-2-1-3-12(13)14)18-10-11-7-8-17-9-11/h1-9,16H,10H2. The van der Waals surface area contributed by atoms with Crippen molar-refractivity contribution in [2.24, 2.45) is 0 Å². The Labute approximate surface area is 114 Å². The Hall–Kier alpha value is -1.45. The van der Waals surface area contributed by atoms with Gasteiger partial charge >= 0.3 is 0 Å². The molecule has 0 bridgehead atoms. The predicted molar refractivity (Wildman–Crippen MR) is 79.5 cm³/mol. The molecule has 0 saturated carbocycles. The van der Waals surface area contributed by atoms with Crippen molar-refractivity contribution in [2.45, 2.75) is 10.6 Å². The van der Waals surface area contributed by atoms with E-state index in [0.717, 1.165) is 16.5 Å². The molecule has 0 saturated heterocycles. The SMILES string of the molecule is Oc1ccc(SCc2ccsc2)c2ccccc12. The number of fused-ring (bicyclic) bond motifs is 1. The second-order valence-electron chi connectivity index (χ2n) is 4.05. The summed E-state index contributed by atoms with van der Waals surface area (Å²) in [6.45, 7) is 0. The van der Waals surface area contributed by atoms with Crippen molar-refractivity contribution < 1.29 is 5.11 Å². The fraction of sp³-hybridized carbons (Fsp3) is 0.0667. The monoisotopic (exact) mass is 272 g/mol. The molecule has 0 amide bonds. The summed E-state index contributed by atoms with van der Waals surface area (Å²) in [5.74, 6) is 1.32. The molecule has 3 aromatic rings. The molecule has 3 rings (SSSR count). The lowest BCUT2D eigenvalue weighted by atomic mass is 10.1. The van der Waals surface area contributed by atoms with Crippen LogP contribution in [0.4, 0.5) is 0 Å². The molecular formula is C15H12OS2. The fourth-order valence-electron chi connectivity index (χ4n) is 1.92. The minimum atomic E-state index is 0.352. The molecular weight excluding hydrogens is 260 g/mol.